The molecule has 4 heteroatoms. The number of hydrogen-bond donors (Lipinski definition) is 1. The summed E-state index contributed by atoms with van der Waals surface area (Å²) in [6.07, 6.45) is 7.12. The summed E-state index contributed by atoms with van der Waals surface area (Å²) < 4.78 is 0. The number of nitrogens with zero attached hydrogens (tertiary/aromatic N) is 3. The molecule has 0 spiro atoms. The van der Waals surface area contributed by atoms with Crippen LogP contribution in [0.5, 0.6) is 0 Å². The van der Waals surface area contributed by atoms with Crippen molar-refractivity contribution in [1.82, 2.24) is 15.2 Å². The normalized spacial score (nSPS) is 24.1. The molecule has 2 fully saturated rings. The third-order valence-electron chi connectivity index (χ3n) is 4.65. The lowest BCUT2D eigenvalue weighted by Crippen LogP contribution is -2.40. The van der Waals surface area contributed by atoms with Crippen LogP contribution in [-0.2, 0) is 6.54 Å². The molecule has 1 aliphatic carbocycles. The summed E-state index contributed by atoms with van der Waals surface area (Å²) in [4.78, 5) is 9.68. The summed E-state index contributed by atoms with van der Waals surface area (Å²) in [5.74, 6) is 1.15. The van der Waals surface area contributed by atoms with Crippen LogP contribution < -0.4 is 10.2 Å². The molecule has 116 valence electrons. The lowest BCUT2D eigenvalue weighted by molar-refractivity contribution is 0.327. The van der Waals surface area contributed by atoms with Crippen molar-refractivity contribution in [3.8, 4) is 0 Å². The summed E-state index contributed by atoms with van der Waals surface area (Å²) in [7, 11) is 2.23. The van der Waals surface area contributed by atoms with E-state index in [1.807, 2.05) is 6.20 Å². The summed E-state index contributed by atoms with van der Waals surface area (Å²) in [5, 5.41) is 3.55. The number of hydrogen-bond acceptors (Lipinski definition) is 4. The zero-order valence-corrected chi connectivity index (χ0v) is 13.4. The zero-order valence-electron chi connectivity index (χ0n) is 13.4. The molecule has 0 amide bonds. The minimum atomic E-state index is 0.584. The molecular formula is C17H28N4. The maximum absolute atomic E-state index is 4.73. The van der Waals surface area contributed by atoms with Crippen LogP contribution in [0.25, 0.3) is 0 Å². The average molecular weight is 288 g/mol. The first kappa shape index (κ1) is 14.8. The molecule has 21 heavy (non-hydrogen) atoms. The van der Waals surface area contributed by atoms with Gasteiger partial charge in [0.15, 0.2) is 0 Å². The number of likely N-dealkylation sites (N-methyl/N-ethyl adjacent to an activating group) is 1. The van der Waals surface area contributed by atoms with E-state index in [0.29, 0.717) is 6.04 Å². The van der Waals surface area contributed by atoms with Crippen LogP contribution in [0.15, 0.2) is 18.3 Å². The third kappa shape index (κ3) is 3.95. The topological polar surface area (TPSA) is 31.4 Å². The van der Waals surface area contributed by atoms with Gasteiger partial charge in [-0.3, -0.25) is 0 Å². The molecule has 1 saturated heterocycles. The van der Waals surface area contributed by atoms with Crippen molar-refractivity contribution in [2.24, 2.45) is 0 Å². The fourth-order valence-corrected chi connectivity index (χ4v) is 3.14. The highest BCUT2D eigenvalue weighted by Gasteiger charge is 2.23. The first-order valence-electron chi connectivity index (χ1n) is 8.39. The summed E-state index contributed by atoms with van der Waals surface area (Å²) >= 11 is 0. The smallest absolute Gasteiger partial charge is 0.128 e. The Balaban J connectivity index is 1.65. The molecule has 1 N–H and O–H groups in total. The molecule has 1 aromatic rings. The van der Waals surface area contributed by atoms with Crippen molar-refractivity contribution < 1.29 is 0 Å². The van der Waals surface area contributed by atoms with Crippen LogP contribution in [0.1, 0.15) is 38.2 Å². The molecule has 3 rings (SSSR count). The standard InChI is InChI=1S/C17H28N4/c1-3-16-13-20(2)9-4-10-21(16)17-8-5-14(12-19-17)11-18-15-6-7-15/h5,8,12,15-16,18H,3-4,6-7,9-11,13H2,1-2H3. The second kappa shape index (κ2) is 6.75. The van der Waals surface area contributed by atoms with Gasteiger partial charge in [-0.15, -0.1) is 0 Å². The van der Waals surface area contributed by atoms with Gasteiger partial charge in [0.2, 0.25) is 0 Å². The Morgan fingerprint density at radius 1 is 1.29 bits per heavy atom. The summed E-state index contributed by atoms with van der Waals surface area (Å²) in [6.45, 7) is 6.69. The van der Waals surface area contributed by atoms with E-state index in [-0.39, 0.29) is 0 Å². The van der Waals surface area contributed by atoms with E-state index in [0.717, 1.165) is 31.5 Å². The van der Waals surface area contributed by atoms with E-state index in [1.54, 1.807) is 0 Å². The van der Waals surface area contributed by atoms with Gasteiger partial charge in [0, 0.05) is 37.9 Å². The van der Waals surface area contributed by atoms with E-state index in [2.05, 4.69) is 41.2 Å². The quantitative estimate of drug-likeness (QED) is 0.900. The van der Waals surface area contributed by atoms with Crippen molar-refractivity contribution in [3.63, 3.8) is 0 Å². The van der Waals surface area contributed by atoms with Gasteiger partial charge in [-0.1, -0.05) is 13.0 Å². The van der Waals surface area contributed by atoms with Crippen LogP contribution in [-0.4, -0.2) is 48.6 Å². The van der Waals surface area contributed by atoms with E-state index in [4.69, 9.17) is 4.98 Å². The number of nitrogens with one attached hydrogen (secondary N) is 1. The molecule has 1 unspecified atom stereocenters. The van der Waals surface area contributed by atoms with Crippen LogP contribution >= 0.6 is 0 Å². The van der Waals surface area contributed by atoms with Gasteiger partial charge in [-0.2, -0.15) is 0 Å². The predicted octanol–water partition coefficient (Wildman–Crippen LogP) is 2.25. The van der Waals surface area contributed by atoms with E-state index >= 15 is 0 Å². The molecule has 1 atom stereocenters. The maximum Gasteiger partial charge on any atom is 0.128 e. The lowest BCUT2D eigenvalue weighted by atomic mass is 10.1. The Bertz CT molecular complexity index is 441. The molecule has 1 saturated carbocycles. The SMILES string of the molecule is CCC1CN(C)CCCN1c1ccc(CNC2CC2)cn1. The van der Waals surface area contributed by atoms with Gasteiger partial charge >= 0.3 is 0 Å². The van der Waals surface area contributed by atoms with Crippen LogP contribution in [0, 0.1) is 0 Å². The Morgan fingerprint density at radius 3 is 2.81 bits per heavy atom. The molecule has 1 aromatic heterocycles. The maximum atomic E-state index is 4.73. The van der Waals surface area contributed by atoms with Crippen molar-refractivity contribution in [1.29, 1.82) is 0 Å². The molecule has 2 aliphatic rings. The van der Waals surface area contributed by atoms with Crippen molar-refractivity contribution in [2.75, 3.05) is 31.6 Å². The largest absolute Gasteiger partial charge is 0.352 e. The summed E-state index contributed by atoms with van der Waals surface area (Å²) in [5.41, 5.74) is 1.30. The first-order chi connectivity index (χ1) is 10.3. The van der Waals surface area contributed by atoms with Gasteiger partial charge < -0.3 is 15.1 Å². The zero-order chi connectivity index (χ0) is 14.7. The first-order valence-corrected chi connectivity index (χ1v) is 8.39. The Labute approximate surface area is 128 Å². The van der Waals surface area contributed by atoms with Crippen LogP contribution in [0.3, 0.4) is 0 Å². The number of rotatable bonds is 5. The highest BCUT2D eigenvalue weighted by atomic mass is 15.3. The van der Waals surface area contributed by atoms with Crippen LogP contribution in [0.4, 0.5) is 5.82 Å². The van der Waals surface area contributed by atoms with E-state index in [9.17, 15) is 0 Å². The molecular weight excluding hydrogens is 260 g/mol. The molecule has 0 bridgehead atoms. The molecule has 0 radical (unpaired) electrons. The van der Waals surface area contributed by atoms with Crippen molar-refractivity contribution in [3.05, 3.63) is 23.9 Å². The average Bonchev–Trinajstić information content (AvgIpc) is 3.33. The lowest BCUT2D eigenvalue weighted by Gasteiger charge is -2.31. The monoisotopic (exact) mass is 288 g/mol. The van der Waals surface area contributed by atoms with Crippen molar-refractivity contribution in [2.45, 2.75) is 51.2 Å². The third-order valence-corrected chi connectivity index (χ3v) is 4.65. The van der Waals surface area contributed by atoms with Gasteiger partial charge in [0.05, 0.1) is 0 Å². The summed E-state index contributed by atoms with van der Waals surface area (Å²) in [6, 6.07) is 5.78. The highest BCUT2D eigenvalue weighted by Crippen LogP contribution is 2.21. The van der Waals surface area contributed by atoms with Gasteiger partial charge in [0.1, 0.15) is 5.82 Å². The fraction of sp³-hybridized carbons (Fsp3) is 0.706. The molecule has 4 nitrogen and oxygen atoms in total. The Hall–Kier alpha value is -1.13. The Kier molecular flexibility index (Phi) is 4.76. The number of aromatic nitrogens is 1. The van der Waals surface area contributed by atoms with Gasteiger partial charge in [-0.25, -0.2) is 4.98 Å². The second-order valence-electron chi connectivity index (χ2n) is 6.55. The van der Waals surface area contributed by atoms with Crippen molar-refractivity contribution >= 4 is 5.82 Å². The van der Waals surface area contributed by atoms with E-state index in [1.165, 1.54) is 37.8 Å². The number of pyridine rings is 1. The van der Waals surface area contributed by atoms with Gasteiger partial charge in [0.25, 0.3) is 0 Å². The molecule has 0 aromatic carbocycles. The highest BCUT2D eigenvalue weighted by molar-refractivity contribution is 5.41. The molecule has 1 aliphatic heterocycles. The minimum Gasteiger partial charge on any atom is -0.352 e. The van der Waals surface area contributed by atoms with Crippen LogP contribution in [0.2, 0.25) is 0 Å². The molecule has 2 heterocycles. The predicted molar refractivity (Wildman–Crippen MR) is 87.6 cm³/mol. The Morgan fingerprint density at radius 2 is 2.14 bits per heavy atom. The minimum absolute atomic E-state index is 0.584. The second-order valence-corrected chi connectivity index (χ2v) is 6.55. The van der Waals surface area contributed by atoms with Gasteiger partial charge in [-0.05, 0) is 50.9 Å². The fourth-order valence-electron chi connectivity index (χ4n) is 3.14. The number of anilines is 1. The van der Waals surface area contributed by atoms with E-state index < -0.39 is 0 Å².